The molecule has 0 saturated carbocycles. The third-order valence-corrected chi connectivity index (χ3v) is 1.37. The van der Waals surface area contributed by atoms with Crippen molar-refractivity contribution in [1.82, 2.24) is 0 Å². The molecule has 0 bridgehead atoms. The zero-order chi connectivity index (χ0) is 9.35. The average Bonchev–Trinajstić information content (AvgIpc) is 1.92. The summed E-state index contributed by atoms with van der Waals surface area (Å²) < 4.78 is 48.3. The number of benzene rings is 1. The molecule has 1 aromatic rings. The summed E-state index contributed by atoms with van der Waals surface area (Å²) in [6, 6.07) is 2.30. The molecule has 0 aliphatic heterocycles. The molecule has 1 N–H and O–H groups in total. The standard InChI is InChI=1S/C6H4BF4O.K/c8-5-3-1-2-4(6(5)12)7(9,10)11;/h1-3,12H;/q-1;+1. The summed E-state index contributed by atoms with van der Waals surface area (Å²) in [5.41, 5.74) is -1.30. The van der Waals surface area contributed by atoms with Crippen molar-refractivity contribution in [2.75, 3.05) is 0 Å². The Morgan fingerprint density at radius 1 is 1.15 bits per heavy atom. The molecule has 0 spiro atoms. The summed E-state index contributed by atoms with van der Waals surface area (Å²) in [6.07, 6.45) is 0. The molecule has 1 aromatic carbocycles. The van der Waals surface area contributed by atoms with Gasteiger partial charge in [0.15, 0.2) is 5.82 Å². The Balaban J connectivity index is 0.00000144. The summed E-state index contributed by atoms with van der Waals surface area (Å²) in [5.74, 6) is -2.59. The van der Waals surface area contributed by atoms with Gasteiger partial charge in [-0.05, 0) is 6.07 Å². The Morgan fingerprint density at radius 3 is 2.08 bits per heavy atom. The van der Waals surface area contributed by atoms with E-state index in [1.807, 2.05) is 0 Å². The molecule has 0 aromatic heterocycles. The number of para-hydroxylation sites is 1. The van der Waals surface area contributed by atoms with Gasteiger partial charge < -0.3 is 18.1 Å². The minimum absolute atomic E-state index is 0. The minimum atomic E-state index is -5.34. The molecule has 0 radical (unpaired) electrons. The van der Waals surface area contributed by atoms with Crippen molar-refractivity contribution in [3.63, 3.8) is 0 Å². The summed E-state index contributed by atoms with van der Waals surface area (Å²) in [4.78, 5) is 0. The van der Waals surface area contributed by atoms with Crippen LogP contribution in [0.4, 0.5) is 17.3 Å². The molecule has 0 heterocycles. The summed E-state index contributed by atoms with van der Waals surface area (Å²) in [5, 5.41) is 8.65. The van der Waals surface area contributed by atoms with Crippen LogP contribution in [0.5, 0.6) is 5.75 Å². The van der Waals surface area contributed by atoms with Crippen LogP contribution in [0.1, 0.15) is 0 Å². The molecule has 0 amide bonds. The van der Waals surface area contributed by atoms with Gasteiger partial charge in [-0.2, -0.15) is 0 Å². The van der Waals surface area contributed by atoms with Crippen molar-refractivity contribution in [2.24, 2.45) is 0 Å². The molecule has 0 saturated heterocycles. The smallest absolute Gasteiger partial charge is 0.508 e. The second-order valence-electron chi connectivity index (χ2n) is 2.25. The van der Waals surface area contributed by atoms with Crippen LogP contribution in [0.25, 0.3) is 0 Å². The maximum absolute atomic E-state index is 12.4. The number of halogens is 4. The first-order valence-corrected chi connectivity index (χ1v) is 3.10. The van der Waals surface area contributed by atoms with E-state index in [0.29, 0.717) is 6.07 Å². The van der Waals surface area contributed by atoms with E-state index >= 15 is 0 Å². The molecular weight excluding hydrogens is 214 g/mol. The summed E-state index contributed by atoms with van der Waals surface area (Å²) in [6.45, 7) is -5.34. The van der Waals surface area contributed by atoms with Gasteiger partial charge in [-0.1, -0.05) is 17.6 Å². The van der Waals surface area contributed by atoms with Crippen molar-refractivity contribution in [3.8, 4) is 5.75 Å². The van der Waals surface area contributed by atoms with Gasteiger partial charge in [0.05, 0.1) is 0 Å². The Bertz CT molecular complexity index is 301. The molecule has 1 nitrogen and oxygen atoms in total. The van der Waals surface area contributed by atoms with Crippen molar-refractivity contribution in [1.29, 1.82) is 0 Å². The third kappa shape index (κ3) is 3.25. The zero-order valence-electron chi connectivity index (χ0n) is 6.77. The summed E-state index contributed by atoms with van der Waals surface area (Å²) >= 11 is 0. The first kappa shape index (κ1) is 13.4. The zero-order valence-corrected chi connectivity index (χ0v) is 9.89. The molecule has 0 atom stereocenters. The van der Waals surface area contributed by atoms with E-state index in [0.717, 1.165) is 12.1 Å². The fraction of sp³-hybridized carbons (Fsp3) is 0. The minimum Gasteiger partial charge on any atom is -0.508 e. The molecule has 13 heavy (non-hydrogen) atoms. The van der Waals surface area contributed by atoms with Crippen LogP contribution in [0, 0.1) is 5.82 Å². The Morgan fingerprint density at radius 2 is 1.69 bits per heavy atom. The van der Waals surface area contributed by atoms with Crippen molar-refractivity contribution in [3.05, 3.63) is 24.0 Å². The third-order valence-electron chi connectivity index (χ3n) is 1.37. The molecule has 1 rings (SSSR count). The van der Waals surface area contributed by atoms with Gasteiger partial charge in [-0.15, -0.1) is 0 Å². The average molecular weight is 218 g/mol. The van der Waals surface area contributed by atoms with E-state index in [9.17, 15) is 17.3 Å². The maximum Gasteiger partial charge on any atom is 1.00 e. The van der Waals surface area contributed by atoms with Crippen molar-refractivity contribution in [2.45, 2.75) is 0 Å². The molecule has 66 valence electrons. The van der Waals surface area contributed by atoms with Crippen molar-refractivity contribution < 1.29 is 73.8 Å². The number of phenolic OH excluding ortho intramolecular Hbond substituents is 1. The molecular formula is C6H4BF4KO. The van der Waals surface area contributed by atoms with E-state index in [4.69, 9.17) is 5.11 Å². The van der Waals surface area contributed by atoms with Gasteiger partial charge in [0.2, 0.25) is 0 Å². The van der Waals surface area contributed by atoms with Gasteiger partial charge in [0, 0.05) is 0 Å². The van der Waals surface area contributed by atoms with Gasteiger partial charge >= 0.3 is 58.4 Å². The topological polar surface area (TPSA) is 20.2 Å². The van der Waals surface area contributed by atoms with E-state index in [1.165, 1.54) is 0 Å². The Kier molecular flexibility index (Phi) is 4.95. The van der Waals surface area contributed by atoms with Gasteiger partial charge in [0.25, 0.3) is 0 Å². The van der Waals surface area contributed by atoms with Crippen LogP contribution in [0.3, 0.4) is 0 Å². The van der Waals surface area contributed by atoms with E-state index in [-0.39, 0.29) is 51.4 Å². The van der Waals surface area contributed by atoms with Crippen LogP contribution in [0.2, 0.25) is 0 Å². The number of hydrogen-bond donors (Lipinski definition) is 1. The van der Waals surface area contributed by atoms with Gasteiger partial charge in [-0.3, -0.25) is 0 Å². The largest absolute Gasteiger partial charge is 1.00 e. The molecule has 0 unspecified atom stereocenters. The molecule has 0 aliphatic carbocycles. The van der Waals surface area contributed by atoms with E-state index < -0.39 is 24.0 Å². The van der Waals surface area contributed by atoms with Gasteiger partial charge in [0.1, 0.15) is 5.75 Å². The van der Waals surface area contributed by atoms with E-state index in [2.05, 4.69) is 0 Å². The van der Waals surface area contributed by atoms with Crippen LogP contribution < -0.4 is 56.8 Å². The van der Waals surface area contributed by atoms with Crippen LogP contribution in [0.15, 0.2) is 18.2 Å². The SMILES string of the molecule is Oc1c(F)cccc1[B-](F)(F)F.[K+]. The Labute approximate surface area is 115 Å². The number of aromatic hydroxyl groups is 1. The molecule has 7 heteroatoms. The number of phenols is 1. The first-order chi connectivity index (χ1) is 5.43. The maximum atomic E-state index is 12.4. The predicted molar refractivity (Wildman–Crippen MR) is 36.8 cm³/mol. The van der Waals surface area contributed by atoms with Crippen LogP contribution >= 0.6 is 0 Å². The number of hydrogen-bond acceptors (Lipinski definition) is 1. The first-order valence-electron chi connectivity index (χ1n) is 3.10. The van der Waals surface area contributed by atoms with Crippen LogP contribution in [-0.4, -0.2) is 12.1 Å². The van der Waals surface area contributed by atoms with Gasteiger partial charge in [-0.25, -0.2) is 4.39 Å². The summed E-state index contributed by atoms with van der Waals surface area (Å²) in [7, 11) is 0. The predicted octanol–water partition coefficient (Wildman–Crippen LogP) is -1.41. The molecule has 0 aliphatic rings. The second kappa shape index (κ2) is 4.79. The van der Waals surface area contributed by atoms with Crippen molar-refractivity contribution >= 4 is 12.4 Å². The fourth-order valence-corrected chi connectivity index (χ4v) is 0.796. The fourth-order valence-electron chi connectivity index (χ4n) is 0.796. The second-order valence-corrected chi connectivity index (χ2v) is 2.25. The monoisotopic (exact) mass is 218 g/mol. The molecule has 0 fully saturated rings. The normalized spacial score (nSPS) is 10.8. The van der Waals surface area contributed by atoms with Crippen LogP contribution in [-0.2, 0) is 0 Å². The quantitative estimate of drug-likeness (QED) is 0.453. The Hall–Kier alpha value is 0.441. The van der Waals surface area contributed by atoms with E-state index in [1.54, 1.807) is 0 Å². The number of rotatable bonds is 1.